The van der Waals surface area contributed by atoms with Gasteiger partial charge in [0.1, 0.15) is 5.75 Å². The van der Waals surface area contributed by atoms with Crippen LogP contribution in [0, 0.1) is 5.92 Å². The van der Waals surface area contributed by atoms with Crippen molar-refractivity contribution in [1.29, 1.82) is 0 Å². The third-order valence-electron chi connectivity index (χ3n) is 7.76. The van der Waals surface area contributed by atoms with Gasteiger partial charge >= 0.3 is 0 Å². The first-order valence-corrected chi connectivity index (χ1v) is 12.7. The summed E-state index contributed by atoms with van der Waals surface area (Å²) in [7, 11) is 1.63. The van der Waals surface area contributed by atoms with Crippen LogP contribution in [0.1, 0.15) is 57.6 Å². The summed E-state index contributed by atoms with van der Waals surface area (Å²) in [5.41, 5.74) is 2.53. The number of carbonyl (C=O) groups excluding carboxylic acids is 1. The lowest BCUT2D eigenvalue weighted by Crippen LogP contribution is -2.56. The first-order chi connectivity index (χ1) is 16.5. The molecule has 2 aromatic rings. The average Bonchev–Trinajstić information content (AvgIpc) is 2.86. The summed E-state index contributed by atoms with van der Waals surface area (Å²) in [5.74, 6) is 0.873. The number of likely N-dealkylation sites (tertiary alicyclic amines) is 1. The second-order valence-electron chi connectivity index (χ2n) is 9.66. The van der Waals surface area contributed by atoms with Crippen LogP contribution in [-0.2, 0) is 4.79 Å². The summed E-state index contributed by atoms with van der Waals surface area (Å²) in [5, 5.41) is 14.6. The first-order valence-electron chi connectivity index (χ1n) is 12.7. The quantitative estimate of drug-likeness (QED) is 0.584. The number of piperidine rings is 1. The molecule has 2 aliphatic rings. The van der Waals surface area contributed by atoms with Crippen LogP contribution < -0.4 is 15.0 Å². The normalized spacial score (nSPS) is 24.8. The van der Waals surface area contributed by atoms with Crippen LogP contribution in [0.2, 0.25) is 0 Å². The molecule has 0 unspecified atom stereocenters. The Morgan fingerprint density at radius 3 is 2.44 bits per heavy atom. The number of rotatable bonds is 8. The maximum atomic E-state index is 13.0. The number of methoxy groups -OCH3 is 1. The Labute approximate surface area is 203 Å². The van der Waals surface area contributed by atoms with Crippen molar-refractivity contribution in [3.63, 3.8) is 0 Å². The van der Waals surface area contributed by atoms with Crippen molar-refractivity contribution < 1.29 is 14.6 Å². The minimum absolute atomic E-state index is 0.0313. The van der Waals surface area contributed by atoms with E-state index in [-0.39, 0.29) is 17.9 Å². The molecule has 1 aliphatic carbocycles. The molecule has 4 rings (SSSR count). The standard InChI is InChI=1S/C28H39N3O3/c1-4-30(5-2)23-13-9-21(10-14-23)27-25-8-6-7-17-28(25,33)18-19-31(27)20-26(32)29-22-11-15-24(34-3)16-12-22/h9-16,25,27,33H,4-8,17-20H2,1-3H3,(H,29,32)/t25-,27+,28+/m1/s1. The van der Waals surface area contributed by atoms with E-state index in [1.807, 2.05) is 24.3 Å². The molecule has 1 heterocycles. The molecular formula is C28H39N3O3. The van der Waals surface area contributed by atoms with Gasteiger partial charge < -0.3 is 20.1 Å². The van der Waals surface area contributed by atoms with Gasteiger partial charge in [0.2, 0.25) is 5.91 Å². The lowest BCUT2D eigenvalue weighted by Gasteiger charge is -2.52. The van der Waals surface area contributed by atoms with Gasteiger partial charge in [0.15, 0.2) is 0 Å². The lowest BCUT2D eigenvalue weighted by atomic mass is 9.66. The predicted octanol–water partition coefficient (Wildman–Crippen LogP) is 4.85. The number of benzene rings is 2. The Bertz CT molecular complexity index is 942. The highest BCUT2D eigenvalue weighted by atomic mass is 16.5. The van der Waals surface area contributed by atoms with E-state index >= 15 is 0 Å². The number of hydrogen-bond donors (Lipinski definition) is 2. The summed E-state index contributed by atoms with van der Waals surface area (Å²) in [6.07, 6.45) is 4.79. The first kappa shape index (κ1) is 24.6. The third kappa shape index (κ3) is 5.23. The number of nitrogens with one attached hydrogen (secondary N) is 1. The van der Waals surface area contributed by atoms with E-state index < -0.39 is 5.60 Å². The smallest absolute Gasteiger partial charge is 0.238 e. The van der Waals surface area contributed by atoms with E-state index in [1.54, 1.807) is 7.11 Å². The molecule has 1 aliphatic heterocycles. The Hall–Kier alpha value is -2.57. The van der Waals surface area contributed by atoms with Crippen molar-refractivity contribution >= 4 is 17.3 Å². The summed E-state index contributed by atoms with van der Waals surface area (Å²) in [4.78, 5) is 17.6. The molecule has 0 bridgehead atoms. The second kappa shape index (κ2) is 10.8. The minimum atomic E-state index is -0.635. The number of hydrogen-bond acceptors (Lipinski definition) is 5. The SMILES string of the molecule is CCN(CC)c1ccc([C@H]2[C@H]3CCCC[C@]3(O)CCN2CC(=O)Nc2ccc(OC)cc2)cc1. The highest BCUT2D eigenvalue weighted by molar-refractivity contribution is 5.92. The van der Waals surface area contributed by atoms with Crippen molar-refractivity contribution in [3.05, 3.63) is 54.1 Å². The molecule has 184 valence electrons. The highest BCUT2D eigenvalue weighted by Crippen LogP contribution is 2.49. The monoisotopic (exact) mass is 465 g/mol. The molecule has 1 saturated heterocycles. The Morgan fingerprint density at radius 2 is 1.79 bits per heavy atom. The molecule has 3 atom stereocenters. The van der Waals surface area contributed by atoms with Crippen LogP contribution in [0.4, 0.5) is 11.4 Å². The van der Waals surface area contributed by atoms with Crippen molar-refractivity contribution in [3.8, 4) is 5.75 Å². The number of carbonyl (C=O) groups is 1. The Balaban J connectivity index is 1.55. The summed E-state index contributed by atoms with van der Waals surface area (Å²) in [6, 6.07) is 16.2. The molecule has 34 heavy (non-hydrogen) atoms. The molecule has 1 saturated carbocycles. The predicted molar refractivity (Wildman–Crippen MR) is 137 cm³/mol. The second-order valence-corrected chi connectivity index (χ2v) is 9.66. The largest absolute Gasteiger partial charge is 0.497 e. The van der Waals surface area contributed by atoms with Gasteiger partial charge in [-0.2, -0.15) is 0 Å². The van der Waals surface area contributed by atoms with Crippen molar-refractivity contribution in [2.24, 2.45) is 5.92 Å². The molecule has 6 nitrogen and oxygen atoms in total. The van der Waals surface area contributed by atoms with Crippen LogP contribution in [0.15, 0.2) is 48.5 Å². The number of anilines is 2. The molecule has 6 heteroatoms. The molecule has 0 radical (unpaired) electrons. The van der Waals surface area contributed by atoms with E-state index in [1.165, 1.54) is 11.3 Å². The van der Waals surface area contributed by atoms with Crippen molar-refractivity contribution in [1.82, 2.24) is 4.90 Å². The maximum Gasteiger partial charge on any atom is 0.238 e. The third-order valence-corrected chi connectivity index (χ3v) is 7.76. The van der Waals surface area contributed by atoms with Gasteiger partial charge in [0, 0.05) is 43.0 Å². The fourth-order valence-electron chi connectivity index (χ4n) is 5.89. The van der Waals surface area contributed by atoms with E-state index in [4.69, 9.17) is 4.74 Å². The zero-order valence-corrected chi connectivity index (χ0v) is 20.8. The zero-order valence-electron chi connectivity index (χ0n) is 20.8. The van der Waals surface area contributed by atoms with Gasteiger partial charge in [-0.15, -0.1) is 0 Å². The fourth-order valence-corrected chi connectivity index (χ4v) is 5.89. The summed E-state index contributed by atoms with van der Waals surface area (Å²) in [6.45, 7) is 7.30. The number of ether oxygens (including phenoxy) is 1. The number of amides is 1. The van der Waals surface area contributed by atoms with Gasteiger partial charge in [-0.3, -0.25) is 9.69 Å². The summed E-state index contributed by atoms with van der Waals surface area (Å²) >= 11 is 0. The summed E-state index contributed by atoms with van der Waals surface area (Å²) < 4.78 is 5.21. The number of aliphatic hydroxyl groups is 1. The highest BCUT2D eigenvalue weighted by Gasteiger charge is 2.49. The van der Waals surface area contributed by atoms with Gasteiger partial charge in [-0.05, 0) is 75.1 Å². The lowest BCUT2D eigenvalue weighted by molar-refractivity contribution is -0.135. The topological polar surface area (TPSA) is 65.0 Å². The van der Waals surface area contributed by atoms with Crippen LogP contribution in [0.5, 0.6) is 5.75 Å². The molecule has 2 fully saturated rings. The molecule has 1 amide bonds. The van der Waals surface area contributed by atoms with Gasteiger partial charge in [-0.1, -0.05) is 25.0 Å². The van der Waals surface area contributed by atoms with Gasteiger partial charge in [0.05, 0.1) is 19.3 Å². The van der Waals surface area contributed by atoms with Crippen LogP contribution in [0.3, 0.4) is 0 Å². The zero-order chi connectivity index (χ0) is 24.1. The number of nitrogens with zero attached hydrogens (tertiary/aromatic N) is 2. The van der Waals surface area contributed by atoms with Crippen LogP contribution in [-0.4, -0.2) is 54.8 Å². The van der Waals surface area contributed by atoms with Crippen LogP contribution >= 0.6 is 0 Å². The minimum Gasteiger partial charge on any atom is -0.497 e. The van der Waals surface area contributed by atoms with Crippen molar-refractivity contribution in [2.75, 3.05) is 43.5 Å². The Kier molecular flexibility index (Phi) is 7.79. The maximum absolute atomic E-state index is 13.0. The average molecular weight is 466 g/mol. The van der Waals surface area contributed by atoms with E-state index in [0.29, 0.717) is 13.1 Å². The van der Waals surface area contributed by atoms with Crippen molar-refractivity contribution in [2.45, 2.75) is 57.6 Å². The fraction of sp³-hybridized carbons (Fsp3) is 0.536. The van der Waals surface area contributed by atoms with Gasteiger partial charge in [0.25, 0.3) is 0 Å². The van der Waals surface area contributed by atoms with E-state index in [0.717, 1.165) is 56.6 Å². The number of fused-ring (bicyclic) bond motifs is 1. The van der Waals surface area contributed by atoms with E-state index in [9.17, 15) is 9.90 Å². The molecule has 0 spiro atoms. The molecule has 2 aromatic carbocycles. The van der Waals surface area contributed by atoms with Gasteiger partial charge in [-0.25, -0.2) is 0 Å². The molecule has 2 N–H and O–H groups in total. The van der Waals surface area contributed by atoms with Crippen LogP contribution in [0.25, 0.3) is 0 Å². The molecule has 0 aromatic heterocycles. The Morgan fingerprint density at radius 1 is 1.09 bits per heavy atom. The van der Waals surface area contributed by atoms with E-state index in [2.05, 4.69) is 53.2 Å². The molecular weight excluding hydrogens is 426 g/mol.